The Morgan fingerprint density at radius 3 is 2.76 bits per heavy atom. The number of nitrogen functional groups attached to an aromatic ring is 1. The zero-order valence-corrected chi connectivity index (χ0v) is 10.2. The highest BCUT2D eigenvalue weighted by molar-refractivity contribution is 5.61. The van der Waals surface area contributed by atoms with E-state index >= 15 is 0 Å². The van der Waals surface area contributed by atoms with Crippen LogP contribution in [0.15, 0.2) is 36.7 Å². The lowest BCUT2D eigenvalue weighted by atomic mass is 10.1. The number of benzene rings is 1. The molecule has 88 valence electrons. The standard InChI is InChI=1S/C14H17N3/c1-10-7-14(11(2)6-13(10)15)17-9-12-4-3-5-16-8-12/h3-8,17H,9,15H2,1-2H3. The maximum atomic E-state index is 5.86. The van der Waals surface area contributed by atoms with Gasteiger partial charge in [0, 0.05) is 30.3 Å². The topological polar surface area (TPSA) is 50.9 Å². The van der Waals surface area contributed by atoms with Gasteiger partial charge in [-0.25, -0.2) is 0 Å². The second-order valence-corrected chi connectivity index (χ2v) is 4.24. The van der Waals surface area contributed by atoms with Crippen molar-refractivity contribution < 1.29 is 0 Å². The number of anilines is 2. The van der Waals surface area contributed by atoms with Gasteiger partial charge in [-0.15, -0.1) is 0 Å². The first-order valence-electron chi connectivity index (χ1n) is 5.66. The van der Waals surface area contributed by atoms with Crippen LogP contribution in [0.4, 0.5) is 11.4 Å². The summed E-state index contributed by atoms with van der Waals surface area (Å²) in [6.07, 6.45) is 3.65. The molecule has 0 atom stereocenters. The normalized spacial score (nSPS) is 10.2. The number of nitrogens with two attached hydrogens (primary N) is 1. The molecule has 0 aliphatic heterocycles. The Morgan fingerprint density at radius 1 is 1.24 bits per heavy atom. The zero-order valence-electron chi connectivity index (χ0n) is 10.2. The fourth-order valence-electron chi connectivity index (χ4n) is 1.73. The molecular formula is C14H17N3. The molecule has 0 amide bonds. The van der Waals surface area contributed by atoms with E-state index in [0.29, 0.717) is 0 Å². The molecule has 2 rings (SSSR count). The van der Waals surface area contributed by atoms with Crippen LogP contribution in [0, 0.1) is 13.8 Å². The molecule has 3 nitrogen and oxygen atoms in total. The van der Waals surface area contributed by atoms with E-state index in [9.17, 15) is 0 Å². The van der Waals surface area contributed by atoms with Crippen LogP contribution in [-0.4, -0.2) is 4.98 Å². The Kier molecular flexibility index (Phi) is 3.28. The number of hydrogen-bond acceptors (Lipinski definition) is 3. The highest BCUT2D eigenvalue weighted by Gasteiger charge is 2.02. The van der Waals surface area contributed by atoms with E-state index in [4.69, 9.17) is 5.73 Å². The van der Waals surface area contributed by atoms with E-state index in [2.05, 4.69) is 29.4 Å². The molecule has 0 spiro atoms. The molecular weight excluding hydrogens is 210 g/mol. The van der Waals surface area contributed by atoms with Crippen LogP contribution in [0.1, 0.15) is 16.7 Å². The number of rotatable bonds is 3. The Labute approximate surface area is 102 Å². The number of aryl methyl sites for hydroxylation is 2. The molecule has 1 heterocycles. The summed E-state index contributed by atoms with van der Waals surface area (Å²) in [5, 5.41) is 3.40. The molecule has 3 heteroatoms. The molecule has 3 N–H and O–H groups in total. The fourth-order valence-corrected chi connectivity index (χ4v) is 1.73. The van der Waals surface area contributed by atoms with E-state index in [0.717, 1.165) is 29.0 Å². The number of nitrogens with one attached hydrogen (secondary N) is 1. The van der Waals surface area contributed by atoms with E-state index in [1.165, 1.54) is 5.56 Å². The van der Waals surface area contributed by atoms with Gasteiger partial charge >= 0.3 is 0 Å². The average Bonchev–Trinajstić information content (AvgIpc) is 2.33. The number of aromatic nitrogens is 1. The highest BCUT2D eigenvalue weighted by Crippen LogP contribution is 2.22. The first-order valence-corrected chi connectivity index (χ1v) is 5.66. The average molecular weight is 227 g/mol. The molecule has 1 aromatic heterocycles. The van der Waals surface area contributed by atoms with Crippen molar-refractivity contribution in [1.82, 2.24) is 4.98 Å². The first kappa shape index (κ1) is 11.5. The predicted molar refractivity (Wildman–Crippen MR) is 71.9 cm³/mol. The maximum Gasteiger partial charge on any atom is 0.0416 e. The van der Waals surface area contributed by atoms with Crippen molar-refractivity contribution in [2.75, 3.05) is 11.1 Å². The number of nitrogens with zero attached hydrogens (tertiary/aromatic N) is 1. The third kappa shape index (κ3) is 2.75. The number of hydrogen-bond donors (Lipinski definition) is 2. The third-order valence-electron chi connectivity index (χ3n) is 2.82. The fraction of sp³-hybridized carbons (Fsp3) is 0.214. The molecule has 0 saturated carbocycles. The number of pyridine rings is 1. The van der Waals surface area contributed by atoms with Gasteiger partial charge in [-0.3, -0.25) is 4.98 Å². The lowest BCUT2D eigenvalue weighted by Crippen LogP contribution is -2.02. The maximum absolute atomic E-state index is 5.86. The second kappa shape index (κ2) is 4.87. The van der Waals surface area contributed by atoms with Gasteiger partial charge in [0.25, 0.3) is 0 Å². The van der Waals surface area contributed by atoms with Crippen molar-refractivity contribution in [2.45, 2.75) is 20.4 Å². The van der Waals surface area contributed by atoms with Crippen LogP contribution in [0.2, 0.25) is 0 Å². The summed E-state index contributed by atoms with van der Waals surface area (Å²) >= 11 is 0. The van der Waals surface area contributed by atoms with Gasteiger partial charge in [-0.1, -0.05) is 6.07 Å². The highest BCUT2D eigenvalue weighted by atomic mass is 14.9. The van der Waals surface area contributed by atoms with Crippen LogP contribution in [-0.2, 0) is 6.54 Å². The van der Waals surface area contributed by atoms with Crippen LogP contribution >= 0.6 is 0 Å². The summed E-state index contributed by atoms with van der Waals surface area (Å²) in [7, 11) is 0. The quantitative estimate of drug-likeness (QED) is 0.793. The van der Waals surface area contributed by atoms with Crippen LogP contribution in [0.5, 0.6) is 0 Å². The lowest BCUT2D eigenvalue weighted by molar-refractivity contribution is 1.10. The zero-order chi connectivity index (χ0) is 12.3. The second-order valence-electron chi connectivity index (χ2n) is 4.24. The molecule has 0 bridgehead atoms. The Hall–Kier alpha value is -2.03. The minimum absolute atomic E-state index is 0.776. The molecule has 0 aliphatic carbocycles. The Balaban J connectivity index is 2.12. The Morgan fingerprint density at radius 2 is 2.06 bits per heavy atom. The third-order valence-corrected chi connectivity index (χ3v) is 2.82. The monoisotopic (exact) mass is 227 g/mol. The van der Waals surface area contributed by atoms with E-state index in [1.807, 2.05) is 25.3 Å². The molecule has 0 fully saturated rings. The van der Waals surface area contributed by atoms with Crippen molar-refractivity contribution in [3.05, 3.63) is 53.3 Å². The molecule has 17 heavy (non-hydrogen) atoms. The molecule has 1 aromatic carbocycles. The summed E-state index contributed by atoms with van der Waals surface area (Å²) in [5.74, 6) is 0. The smallest absolute Gasteiger partial charge is 0.0416 e. The van der Waals surface area contributed by atoms with Gasteiger partial charge in [0.05, 0.1) is 0 Å². The van der Waals surface area contributed by atoms with Crippen LogP contribution in [0.25, 0.3) is 0 Å². The summed E-state index contributed by atoms with van der Waals surface area (Å²) in [6.45, 7) is 4.85. The van der Waals surface area contributed by atoms with Crippen molar-refractivity contribution in [2.24, 2.45) is 0 Å². The Bertz CT molecular complexity index is 506. The van der Waals surface area contributed by atoms with Crippen molar-refractivity contribution in [1.29, 1.82) is 0 Å². The SMILES string of the molecule is Cc1cc(NCc2cccnc2)c(C)cc1N. The van der Waals surface area contributed by atoms with Gasteiger partial charge in [-0.05, 0) is 48.7 Å². The van der Waals surface area contributed by atoms with Crippen molar-refractivity contribution in [3.63, 3.8) is 0 Å². The van der Waals surface area contributed by atoms with Crippen LogP contribution < -0.4 is 11.1 Å². The van der Waals surface area contributed by atoms with Gasteiger partial charge in [-0.2, -0.15) is 0 Å². The van der Waals surface area contributed by atoms with E-state index < -0.39 is 0 Å². The van der Waals surface area contributed by atoms with Crippen LogP contribution in [0.3, 0.4) is 0 Å². The van der Waals surface area contributed by atoms with E-state index in [-0.39, 0.29) is 0 Å². The predicted octanol–water partition coefficient (Wildman–Crippen LogP) is 2.89. The molecule has 0 radical (unpaired) electrons. The van der Waals surface area contributed by atoms with Gasteiger partial charge in [0.2, 0.25) is 0 Å². The molecule has 2 aromatic rings. The van der Waals surface area contributed by atoms with Gasteiger partial charge in [0.1, 0.15) is 0 Å². The largest absolute Gasteiger partial charge is 0.399 e. The molecule has 0 saturated heterocycles. The van der Waals surface area contributed by atoms with Gasteiger partial charge in [0.15, 0.2) is 0 Å². The van der Waals surface area contributed by atoms with E-state index in [1.54, 1.807) is 6.20 Å². The summed E-state index contributed by atoms with van der Waals surface area (Å²) in [6, 6.07) is 8.08. The molecule has 0 unspecified atom stereocenters. The summed E-state index contributed by atoms with van der Waals surface area (Å²) in [5.41, 5.74) is 11.3. The first-order chi connectivity index (χ1) is 8.16. The molecule has 0 aliphatic rings. The van der Waals surface area contributed by atoms with Gasteiger partial charge < -0.3 is 11.1 Å². The minimum atomic E-state index is 0.776. The van der Waals surface area contributed by atoms with Crippen molar-refractivity contribution in [3.8, 4) is 0 Å². The summed E-state index contributed by atoms with van der Waals surface area (Å²) in [4.78, 5) is 4.09. The lowest BCUT2D eigenvalue weighted by Gasteiger charge is -2.12. The minimum Gasteiger partial charge on any atom is -0.399 e. The summed E-state index contributed by atoms with van der Waals surface area (Å²) < 4.78 is 0. The van der Waals surface area contributed by atoms with Crippen molar-refractivity contribution >= 4 is 11.4 Å².